The van der Waals surface area contributed by atoms with E-state index in [0.717, 1.165) is 10.5 Å². The van der Waals surface area contributed by atoms with Gasteiger partial charge in [0.05, 0.1) is 12.9 Å². The van der Waals surface area contributed by atoms with Crippen LogP contribution in [0.25, 0.3) is 6.08 Å². The molecule has 4 rings (SSSR count). The van der Waals surface area contributed by atoms with Gasteiger partial charge < -0.3 is 15.4 Å². The van der Waals surface area contributed by atoms with E-state index in [9.17, 15) is 14.4 Å². The summed E-state index contributed by atoms with van der Waals surface area (Å²) < 4.78 is 5.20. The van der Waals surface area contributed by atoms with Gasteiger partial charge in [-0.3, -0.25) is 14.4 Å². The molecule has 0 aliphatic carbocycles. The summed E-state index contributed by atoms with van der Waals surface area (Å²) in [6, 6.07) is 30.9. The van der Waals surface area contributed by atoms with Crippen molar-refractivity contribution in [1.82, 2.24) is 5.32 Å². The fourth-order valence-electron chi connectivity index (χ4n) is 3.95. The molecule has 6 nitrogen and oxygen atoms in total. The molecule has 2 N–H and O–H groups in total. The van der Waals surface area contributed by atoms with Crippen LogP contribution in [0.1, 0.15) is 51.6 Å². The summed E-state index contributed by atoms with van der Waals surface area (Å²) in [6.45, 7) is 4.23. The zero-order valence-electron chi connectivity index (χ0n) is 23.2. The number of hydrogen-bond donors (Lipinski definition) is 2. The van der Waals surface area contributed by atoms with Gasteiger partial charge in [-0.05, 0) is 71.7 Å². The van der Waals surface area contributed by atoms with Gasteiger partial charge in [0.25, 0.3) is 11.8 Å². The lowest BCUT2D eigenvalue weighted by atomic mass is 10.0. The van der Waals surface area contributed by atoms with Crippen LogP contribution in [0.2, 0.25) is 0 Å². The van der Waals surface area contributed by atoms with Gasteiger partial charge in [-0.2, -0.15) is 0 Å². The van der Waals surface area contributed by atoms with Gasteiger partial charge in [0, 0.05) is 21.7 Å². The van der Waals surface area contributed by atoms with Gasteiger partial charge in [-0.15, -0.1) is 11.8 Å². The molecular formula is C34H32N2O4S. The Kier molecular flexibility index (Phi) is 10.1. The molecule has 7 heteroatoms. The number of thioether (sulfide) groups is 1. The summed E-state index contributed by atoms with van der Waals surface area (Å²) in [7, 11) is 1.57. The Balaban J connectivity index is 1.45. The van der Waals surface area contributed by atoms with Crippen LogP contribution in [0.4, 0.5) is 5.69 Å². The topological polar surface area (TPSA) is 84.5 Å². The van der Waals surface area contributed by atoms with E-state index in [2.05, 4.69) is 24.5 Å². The van der Waals surface area contributed by atoms with Gasteiger partial charge in [-0.25, -0.2) is 0 Å². The first-order valence-electron chi connectivity index (χ1n) is 13.2. The molecule has 2 amide bonds. The minimum absolute atomic E-state index is 0.00311. The lowest BCUT2D eigenvalue weighted by Crippen LogP contribution is -2.30. The van der Waals surface area contributed by atoms with Crippen LogP contribution >= 0.6 is 11.8 Å². The maximum Gasteiger partial charge on any atom is 0.272 e. The van der Waals surface area contributed by atoms with E-state index < -0.39 is 5.91 Å². The summed E-state index contributed by atoms with van der Waals surface area (Å²) in [4.78, 5) is 39.7. The molecule has 0 spiro atoms. The third-order valence-electron chi connectivity index (χ3n) is 6.32. The molecule has 0 atom stereocenters. The van der Waals surface area contributed by atoms with Crippen molar-refractivity contribution in [2.24, 2.45) is 0 Å². The molecule has 0 aliphatic heterocycles. The van der Waals surface area contributed by atoms with E-state index in [1.54, 1.807) is 73.8 Å². The number of hydrogen-bond acceptors (Lipinski definition) is 5. The number of carbonyl (C=O) groups is 3. The van der Waals surface area contributed by atoms with Crippen molar-refractivity contribution >= 4 is 41.1 Å². The Hall–Kier alpha value is -4.62. The van der Waals surface area contributed by atoms with Crippen LogP contribution in [0, 0.1) is 0 Å². The van der Waals surface area contributed by atoms with Gasteiger partial charge in [-0.1, -0.05) is 68.4 Å². The van der Waals surface area contributed by atoms with Crippen molar-refractivity contribution in [1.29, 1.82) is 0 Å². The smallest absolute Gasteiger partial charge is 0.272 e. The fraction of sp³-hybridized carbons (Fsp3) is 0.147. The molecule has 0 heterocycles. The molecule has 41 heavy (non-hydrogen) atoms. The standard InChI is InChI=1S/C34H32N2O4S/c1-23(2)25-14-12-24(13-15-25)20-31(36-33(38)26-8-5-4-6-9-26)34(39)35-28-16-18-30(19-17-28)41-22-32(37)27-10-7-11-29(21-27)40-3/h4-21,23H,22H2,1-3H3,(H,35,39)(H,36,38)/b31-20-. The second-order valence-electron chi connectivity index (χ2n) is 9.62. The molecule has 208 valence electrons. The van der Waals surface area contributed by atoms with Gasteiger partial charge in [0.1, 0.15) is 11.4 Å². The van der Waals surface area contributed by atoms with E-state index >= 15 is 0 Å². The molecule has 0 unspecified atom stereocenters. The molecule has 0 saturated carbocycles. The zero-order chi connectivity index (χ0) is 29.2. The number of ether oxygens (including phenoxy) is 1. The van der Waals surface area contributed by atoms with E-state index in [1.807, 2.05) is 42.5 Å². The summed E-state index contributed by atoms with van der Waals surface area (Å²) in [5, 5.41) is 5.63. The second-order valence-corrected chi connectivity index (χ2v) is 10.7. The third kappa shape index (κ3) is 8.43. The molecule has 0 aliphatic rings. The Morgan fingerprint density at radius 3 is 2.17 bits per heavy atom. The SMILES string of the molecule is COc1cccc(C(=O)CSc2ccc(NC(=O)/C(=C/c3ccc(C(C)C)cc3)NC(=O)c3ccccc3)cc2)c1. The maximum absolute atomic E-state index is 13.3. The highest BCUT2D eigenvalue weighted by Gasteiger charge is 2.15. The van der Waals surface area contributed by atoms with E-state index in [1.165, 1.54) is 17.3 Å². The summed E-state index contributed by atoms with van der Waals surface area (Å²) in [6.07, 6.45) is 1.66. The first-order chi connectivity index (χ1) is 19.8. The van der Waals surface area contributed by atoms with Crippen LogP contribution in [-0.2, 0) is 4.79 Å². The van der Waals surface area contributed by atoms with Crippen LogP contribution in [0.3, 0.4) is 0 Å². The number of amides is 2. The first-order valence-corrected chi connectivity index (χ1v) is 14.2. The van der Waals surface area contributed by atoms with Crippen molar-refractivity contribution in [2.45, 2.75) is 24.7 Å². The largest absolute Gasteiger partial charge is 0.497 e. The van der Waals surface area contributed by atoms with Gasteiger partial charge in [0.15, 0.2) is 5.78 Å². The van der Waals surface area contributed by atoms with Crippen molar-refractivity contribution in [2.75, 3.05) is 18.2 Å². The van der Waals surface area contributed by atoms with Crippen LogP contribution < -0.4 is 15.4 Å². The number of methoxy groups -OCH3 is 1. The summed E-state index contributed by atoms with van der Waals surface area (Å²) in [5.41, 5.74) is 3.71. The summed E-state index contributed by atoms with van der Waals surface area (Å²) >= 11 is 1.41. The molecule has 0 fully saturated rings. The Morgan fingerprint density at radius 1 is 0.829 bits per heavy atom. The molecule has 4 aromatic carbocycles. The second kappa shape index (κ2) is 14.1. The van der Waals surface area contributed by atoms with Crippen molar-refractivity contribution in [3.63, 3.8) is 0 Å². The summed E-state index contributed by atoms with van der Waals surface area (Å²) in [5.74, 6) is 0.467. The Bertz CT molecular complexity index is 1530. The molecule has 0 aromatic heterocycles. The number of ketones is 1. The monoisotopic (exact) mass is 564 g/mol. The Morgan fingerprint density at radius 2 is 1.51 bits per heavy atom. The lowest BCUT2D eigenvalue weighted by molar-refractivity contribution is -0.113. The average molecular weight is 565 g/mol. The normalized spacial score (nSPS) is 11.2. The predicted octanol–water partition coefficient (Wildman–Crippen LogP) is 7.20. The number of Topliss-reactive ketones (excluding diaryl/α,β-unsaturated/α-hetero) is 1. The third-order valence-corrected chi connectivity index (χ3v) is 7.33. The van der Waals surface area contributed by atoms with Crippen LogP contribution in [0.15, 0.2) is 114 Å². The van der Waals surface area contributed by atoms with Gasteiger partial charge in [0.2, 0.25) is 0 Å². The number of benzene rings is 4. The quantitative estimate of drug-likeness (QED) is 0.114. The Labute approximate surface area is 244 Å². The van der Waals surface area contributed by atoms with Crippen LogP contribution in [-0.4, -0.2) is 30.5 Å². The molecule has 4 aromatic rings. The van der Waals surface area contributed by atoms with Crippen LogP contribution in [0.5, 0.6) is 5.75 Å². The number of nitrogens with one attached hydrogen (secondary N) is 2. The van der Waals surface area contributed by atoms with Crippen molar-refractivity contribution in [3.8, 4) is 5.75 Å². The van der Waals surface area contributed by atoms with E-state index in [4.69, 9.17) is 4.74 Å². The van der Waals surface area contributed by atoms with E-state index in [0.29, 0.717) is 28.5 Å². The van der Waals surface area contributed by atoms with Crippen molar-refractivity contribution in [3.05, 3.63) is 131 Å². The number of anilines is 1. The molecule has 0 bridgehead atoms. The fourth-order valence-corrected chi connectivity index (χ4v) is 4.74. The predicted molar refractivity (Wildman–Crippen MR) is 166 cm³/mol. The number of carbonyl (C=O) groups excluding carboxylic acids is 3. The first kappa shape index (κ1) is 29.4. The zero-order valence-corrected chi connectivity index (χ0v) is 24.0. The molecule has 0 saturated heterocycles. The maximum atomic E-state index is 13.3. The molecular weight excluding hydrogens is 532 g/mol. The average Bonchev–Trinajstić information content (AvgIpc) is 3.00. The van der Waals surface area contributed by atoms with Gasteiger partial charge >= 0.3 is 0 Å². The highest BCUT2D eigenvalue weighted by molar-refractivity contribution is 8.00. The highest BCUT2D eigenvalue weighted by Crippen LogP contribution is 2.23. The molecule has 0 radical (unpaired) electrons. The lowest BCUT2D eigenvalue weighted by Gasteiger charge is -2.12. The highest BCUT2D eigenvalue weighted by atomic mass is 32.2. The van der Waals surface area contributed by atoms with E-state index in [-0.39, 0.29) is 23.1 Å². The minimum Gasteiger partial charge on any atom is -0.497 e. The minimum atomic E-state index is -0.448. The van der Waals surface area contributed by atoms with Crippen molar-refractivity contribution < 1.29 is 19.1 Å². The number of rotatable bonds is 11.